The van der Waals surface area contributed by atoms with E-state index in [0.29, 0.717) is 17.2 Å². The highest BCUT2D eigenvalue weighted by atomic mass is 35.5. The number of nitrogens with zero attached hydrogens (tertiary/aromatic N) is 3. The third kappa shape index (κ3) is 5.19. The van der Waals surface area contributed by atoms with Crippen LogP contribution in [0.15, 0.2) is 22.9 Å². The lowest BCUT2D eigenvalue weighted by Gasteiger charge is -2.26. The molecule has 0 bridgehead atoms. The van der Waals surface area contributed by atoms with Gasteiger partial charge in [-0.25, -0.2) is 13.4 Å². The number of carbonyl (C=O) groups excluding carboxylic acids is 1. The van der Waals surface area contributed by atoms with Crippen LogP contribution in [-0.4, -0.2) is 72.4 Å². The summed E-state index contributed by atoms with van der Waals surface area (Å²) in [5, 5.41) is 7.58. The minimum absolute atomic E-state index is 0.00520. The van der Waals surface area contributed by atoms with Gasteiger partial charge in [0.05, 0.1) is 28.3 Å². The van der Waals surface area contributed by atoms with Crippen molar-refractivity contribution in [2.45, 2.75) is 31.2 Å². The van der Waals surface area contributed by atoms with Gasteiger partial charge in [-0.1, -0.05) is 5.16 Å². The fourth-order valence-corrected chi connectivity index (χ4v) is 5.36. The molecule has 1 amide bonds. The topological polar surface area (TPSA) is 115 Å². The molecule has 31 heavy (non-hydrogen) atoms. The van der Waals surface area contributed by atoms with E-state index in [1.807, 2.05) is 6.92 Å². The van der Waals surface area contributed by atoms with Crippen molar-refractivity contribution in [1.29, 1.82) is 0 Å². The lowest BCUT2D eigenvalue weighted by Crippen LogP contribution is -2.43. The first kappa shape index (κ1) is 22.0. The maximum Gasteiger partial charge on any atom is 0.255 e. The zero-order valence-corrected chi connectivity index (χ0v) is 18.8. The maximum absolute atomic E-state index is 12.6. The van der Waals surface area contributed by atoms with Crippen LogP contribution in [0.4, 0.5) is 0 Å². The summed E-state index contributed by atoms with van der Waals surface area (Å²) in [5.41, 5.74) is 2.13. The van der Waals surface area contributed by atoms with Gasteiger partial charge in [-0.3, -0.25) is 4.79 Å². The molecule has 0 spiro atoms. The predicted molar refractivity (Wildman–Crippen MR) is 114 cm³/mol. The summed E-state index contributed by atoms with van der Waals surface area (Å²) >= 11 is 6.28. The standard InChI is InChI=1S/C20H25ClN4O5S/c1-13-17(19(24-30-13)15-8-16(21)11-22-9-15)12-29-18-3-2-14(10-23-18)20(26)25-4-6-31(27,28)7-5-25/h2-3,10,15-16,22H,4-9,11-12H2,1H3. The van der Waals surface area contributed by atoms with Crippen LogP contribution in [0.1, 0.15) is 39.7 Å². The number of sulfone groups is 1. The monoisotopic (exact) mass is 468 g/mol. The molecule has 168 valence electrons. The Balaban J connectivity index is 1.38. The largest absolute Gasteiger partial charge is 0.473 e. The Bertz CT molecular complexity index is 1030. The van der Waals surface area contributed by atoms with Crippen molar-refractivity contribution in [1.82, 2.24) is 20.4 Å². The van der Waals surface area contributed by atoms with Crippen LogP contribution < -0.4 is 10.1 Å². The summed E-state index contributed by atoms with van der Waals surface area (Å²) in [7, 11) is -3.04. The predicted octanol–water partition coefficient (Wildman–Crippen LogP) is 1.51. The molecule has 2 unspecified atom stereocenters. The van der Waals surface area contributed by atoms with Crippen LogP contribution in [-0.2, 0) is 16.4 Å². The molecule has 0 aromatic carbocycles. The number of nitrogens with one attached hydrogen (secondary N) is 1. The van der Waals surface area contributed by atoms with Crippen LogP contribution in [0.2, 0.25) is 0 Å². The quantitative estimate of drug-likeness (QED) is 0.657. The SMILES string of the molecule is Cc1onc(C2CNCC(Cl)C2)c1COc1ccc(C(=O)N2CCS(=O)(=O)CC2)cn1. The van der Waals surface area contributed by atoms with Crippen molar-refractivity contribution < 1.29 is 22.5 Å². The highest BCUT2D eigenvalue weighted by Crippen LogP contribution is 2.29. The van der Waals surface area contributed by atoms with Crippen LogP contribution in [0.25, 0.3) is 0 Å². The molecule has 9 nitrogen and oxygen atoms in total. The molecule has 2 aromatic rings. The molecule has 2 aliphatic heterocycles. The average molecular weight is 469 g/mol. The smallest absolute Gasteiger partial charge is 0.255 e. The number of alkyl halides is 1. The maximum atomic E-state index is 12.6. The highest BCUT2D eigenvalue weighted by molar-refractivity contribution is 7.91. The first-order chi connectivity index (χ1) is 14.8. The van der Waals surface area contributed by atoms with E-state index >= 15 is 0 Å². The van der Waals surface area contributed by atoms with Gasteiger partial charge in [0.1, 0.15) is 12.4 Å². The van der Waals surface area contributed by atoms with Crippen LogP contribution >= 0.6 is 11.6 Å². The van der Waals surface area contributed by atoms with E-state index in [9.17, 15) is 13.2 Å². The van der Waals surface area contributed by atoms with E-state index in [2.05, 4.69) is 15.5 Å². The Morgan fingerprint density at radius 3 is 2.77 bits per heavy atom. The number of ether oxygens (including phenoxy) is 1. The summed E-state index contributed by atoms with van der Waals surface area (Å²) in [5.74, 6) is 0.990. The van der Waals surface area contributed by atoms with Gasteiger partial charge in [0.15, 0.2) is 9.84 Å². The molecule has 2 fully saturated rings. The molecule has 2 aliphatic rings. The van der Waals surface area contributed by atoms with E-state index in [1.165, 1.54) is 11.1 Å². The van der Waals surface area contributed by atoms with Crippen molar-refractivity contribution in [2.75, 3.05) is 37.7 Å². The average Bonchev–Trinajstić information content (AvgIpc) is 3.12. The Morgan fingerprint density at radius 1 is 1.32 bits per heavy atom. The number of halogens is 1. The number of pyridine rings is 1. The van der Waals surface area contributed by atoms with Crippen LogP contribution in [0.5, 0.6) is 5.88 Å². The van der Waals surface area contributed by atoms with Gasteiger partial charge in [-0.2, -0.15) is 0 Å². The molecule has 0 saturated carbocycles. The van der Waals surface area contributed by atoms with Crippen LogP contribution in [0, 0.1) is 6.92 Å². The van der Waals surface area contributed by atoms with E-state index in [4.69, 9.17) is 20.9 Å². The normalized spacial score (nSPS) is 23.5. The van der Waals surface area contributed by atoms with Crippen molar-refractivity contribution in [2.24, 2.45) is 0 Å². The summed E-state index contributed by atoms with van der Waals surface area (Å²) < 4.78 is 34.3. The Morgan fingerprint density at radius 2 is 2.10 bits per heavy atom. The molecule has 11 heteroatoms. The van der Waals surface area contributed by atoms with Crippen molar-refractivity contribution >= 4 is 27.3 Å². The Labute approximate surface area is 186 Å². The number of hydrogen-bond donors (Lipinski definition) is 1. The van der Waals surface area contributed by atoms with Crippen molar-refractivity contribution in [3.05, 3.63) is 40.9 Å². The molecule has 2 atom stereocenters. The first-order valence-electron chi connectivity index (χ1n) is 10.2. The lowest BCUT2D eigenvalue weighted by atomic mass is 9.93. The Kier molecular flexibility index (Phi) is 6.49. The van der Waals surface area contributed by atoms with Gasteiger partial charge in [0.25, 0.3) is 5.91 Å². The zero-order chi connectivity index (χ0) is 22.0. The van der Waals surface area contributed by atoms with Gasteiger partial charge < -0.3 is 19.5 Å². The first-order valence-corrected chi connectivity index (χ1v) is 12.5. The molecule has 0 aliphatic carbocycles. The van der Waals surface area contributed by atoms with Crippen molar-refractivity contribution in [3.63, 3.8) is 0 Å². The summed E-state index contributed by atoms with van der Waals surface area (Å²) in [6, 6.07) is 3.27. The molecule has 0 radical (unpaired) electrons. The van der Waals surface area contributed by atoms with E-state index < -0.39 is 9.84 Å². The molecular weight excluding hydrogens is 444 g/mol. The number of rotatable bonds is 5. The number of aryl methyl sites for hydroxylation is 1. The second-order valence-electron chi connectivity index (χ2n) is 7.91. The third-order valence-electron chi connectivity index (χ3n) is 5.68. The molecule has 2 saturated heterocycles. The van der Waals surface area contributed by atoms with E-state index in [-0.39, 0.29) is 48.4 Å². The lowest BCUT2D eigenvalue weighted by molar-refractivity contribution is 0.0769. The van der Waals surface area contributed by atoms with Gasteiger partial charge in [0.2, 0.25) is 5.88 Å². The number of carbonyl (C=O) groups is 1. The molecule has 4 rings (SSSR count). The number of aromatic nitrogens is 2. The van der Waals surface area contributed by atoms with Gasteiger partial charge in [-0.05, 0) is 19.4 Å². The van der Waals surface area contributed by atoms with Crippen molar-refractivity contribution in [3.8, 4) is 5.88 Å². The van der Waals surface area contributed by atoms with Gasteiger partial charge in [-0.15, -0.1) is 11.6 Å². The summed E-state index contributed by atoms with van der Waals surface area (Å²) in [6.45, 7) is 4.07. The second-order valence-corrected chi connectivity index (χ2v) is 10.8. The third-order valence-corrected chi connectivity index (χ3v) is 7.62. The number of amides is 1. The summed E-state index contributed by atoms with van der Waals surface area (Å²) in [6.07, 6.45) is 2.27. The zero-order valence-electron chi connectivity index (χ0n) is 17.2. The molecule has 2 aromatic heterocycles. The molecule has 4 heterocycles. The minimum atomic E-state index is -3.04. The molecule has 1 N–H and O–H groups in total. The van der Waals surface area contributed by atoms with Crippen LogP contribution in [0.3, 0.4) is 0 Å². The highest BCUT2D eigenvalue weighted by Gasteiger charge is 2.28. The number of hydrogen-bond acceptors (Lipinski definition) is 8. The fraction of sp³-hybridized carbons (Fsp3) is 0.550. The second kappa shape index (κ2) is 9.13. The number of piperidine rings is 1. The van der Waals surface area contributed by atoms with Gasteiger partial charge >= 0.3 is 0 Å². The minimum Gasteiger partial charge on any atom is -0.473 e. The Hall–Kier alpha value is -2.17. The van der Waals surface area contributed by atoms with E-state index in [1.54, 1.807) is 12.1 Å². The fourth-order valence-electron chi connectivity index (χ4n) is 3.84. The summed E-state index contributed by atoms with van der Waals surface area (Å²) in [4.78, 5) is 18.3. The van der Waals surface area contributed by atoms with E-state index in [0.717, 1.165) is 30.8 Å². The molecular formula is C20H25ClN4O5S. The van der Waals surface area contributed by atoms with Gasteiger partial charge in [0, 0.05) is 49.7 Å².